The number of thiazole rings is 1. The van der Waals surface area contributed by atoms with Gasteiger partial charge in [-0.3, -0.25) is 14.7 Å². The van der Waals surface area contributed by atoms with Crippen molar-refractivity contribution >= 4 is 23.2 Å². The van der Waals surface area contributed by atoms with Crippen LogP contribution in [0.25, 0.3) is 0 Å². The highest BCUT2D eigenvalue weighted by molar-refractivity contribution is 7.11. The first-order valence-electron chi connectivity index (χ1n) is 10.7. The van der Waals surface area contributed by atoms with Crippen molar-refractivity contribution in [2.24, 2.45) is 4.99 Å². The Balaban J connectivity index is 1.45. The Kier molecular flexibility index (Phi) is 8.09. The Morgan fingerprint density at radius 2 is 1.89 bits per heavy atom. The Hall–Kier alpha value is -1.67. The van der Waals surface area contributed by atoms with Crippen LogP contribution in [0.4, 0.5) is 0 Å². The minimum Gasteiger partial charge on any atom is -0.357 e. The van der Waals surface area contributed by atoms with Crippen LogP contribution in [0.5, 0.6) is 0 Å². The van der Waals surface area contributed by atoms with E-state index in [2.05, 4.69) is 33.9 Å². The molecule has 2 aliphatic rings. The summed E-state index contributed by atoms with van der Waals surface area (Å²) in [5, 5.41) is 4.59. The van der Waals surface area contributed by atoms with Gasteiger partial charge in [0.1, 0.15) is 0 Å². The molecular formula is C20H34N6OS. The van der Waals surface area contributed by atoms with Crippen molar-refractivity contribution in [2.45, 2.75) is 39.5 Å². The fraction of sp³-hybridized carbons (Fsp3) is 0.750. The van der Waals surface area contributed by atoms with E-state index in [1.165, 1.54) is 9.88 Å². The van der Waals surface area contributed by atoms with E-state index in [4.69, 9.17) is 4.99 Å². The quantitative estimate of drug-likeness (QED) is 0.549. The zero-order chi connectivity index (χ0) is 19.8. The van der Waals surface area contributed by atoms with Crippen LogP contribution >= 0.6 is 11.3 Å². The highest BCUT2D eigenvalue weighted by Crippen LogP contribution is 2.14. The molecule has 1 amide bonds. The SMILES string of the molecule is CCNC(=NCCc1ncc(CC)s1)N1CCN(CC(=O)N2CCCC2)CC1. The summed E-state index contributed by atoms with van der Waals surface area (Å²) in [7, 11) is 0. The van der Waals surface area contributed by atoms with Gasteiger partial charge < -0.3 is 15.1 Å². The van der Waals surface area contributed by atoms with Crippen LogP contribution in [-0.4, -0.2) is 90.5 Å². The van der Waals surface area contributed by atoms with Crippen molar-refractivity contribution in [1.82, 2.24) is 25.0 Å². The van der Waals surface area contributed by atoms with Gasteiger partial charge in [0.25, 0.3) is 0 Å². The van der Waals surface area contributed by atoms with Gasteiger partial charge >= 0.3 is 0 Å². The van der Waals surface area contributed by atoms with Crippen LogP contribution in [-0.2, 0) is 17.6 Å². The van der Waals surface area contributed by atoms with E-state index in [0.717, 1.165) is 84.0 Å². The molecular weight excluding hydrogens is 372 g/mol. The highest BCUT2D eigenvalue weighted by atomic mass is 32.1. The molecule has 1 N–H and O–H groups in total. The lowest BCUT2D eigenvalue weighted by Crippen LogP contribution is -2.54. The molecule has 7 nitrogen and oxygen atoms in total. The molecule has 8 heteroatoms. The number of amides is 1. The molecule has 1 aromatic rings. The van der Waals surface area contributed by atoms with Crippen molar-refractivity contribution in [1.29, 1.82) is 0 Å². The first-order valence-corrected chi connectivity index (χ1v) is 11.5. The number of carbonyl (C=O) groups is 1. The standard InChI is InChI=1S/C20H34N6OS/c1-3-17-15-23-18(28-17)7-8-22-20(21-4-2)26-13-11-24(12-14-26)16-19(27)25-9-5-6-10-25/h15H,3-14,16H2,1-2H3,(H,21,22). The van der Waals surface area contributed by atoms with E-state index in [0.29, 0.717) is 12.5 Å². The van der Waals surface area contributed by atoms with Crippen molar-refractivity contribution < 1.29 is 4.79 Å². The fourth-order valence-corrected chi connectivity index (χ4v) is 4.54. The summed E-state index contributed by atoms with van der Waals surface area (Å²) in [6.07, 6.45) is 6.24. The maximum Gasteiger partial charge on any atom is 0.236 e. The van der Waals surface area contributed by atoms with E-state index in [9.17, 15) is 4.79 Å². The van der Waals surface area contributed by atoms with Crippen molar-refractivity contribution in [3.63, 3.8) is 0 Å². The molecule has 0 spiro atoms. The minimum atomic E-state index is 0.293. The summed E-state index contributed by atoms with van der Waals surface area (Å²) in [4.78, 5) is 29.6. The monoisotopic (exact) mass is 406 g/mol. The molecule has 0 aromatic carbocycles. The zero-order valence-electron chi connectivity index (χ0n) is 17.3. The van der Waals surface area contributed by atoms with Crippen LogP contribution in [0, 0.1) is 0 Å². The molecule has 0 unspecified atom stereocenters. The van der Waals surface area contributed by atoms with Gasteiger partial charge in [0.05, 0.1) is 11.6 Å². The van der Waals surface area contributed by atoms with E-state index in [1.807, 2.05) is 11.1 Å². The van der Waals surface area contributed by atoms with Crippen LogP contribution in [0.2, 0.25) is 0 Å². The number of hydrogen-bond acceptors (Lipinski definition) is 5. The number of aromatic nitrogens is 1. The lowest BCUT2D eigenvalue weighted by Gasteiger charge is -2.36. The maximum absolute atomic E-state index is 12.4. The molecule has 0 bridgehead atoms. The lowest BCUT2D eigenvalue weighted by atomic mass is 10.3. The number of guanidine groups is 1. The number of hydrogen-bond donors (Lipinski definition) is 1. The van der Waals surface area contributed by atoms with Gasteiger partial charge in [0.15, 0.2) is 5.96 Å². The lowest BCUT2D eigenvalue weighted by molar-refractivity contribution is -0.131. The first kappa shape index (κ1) is 21.0. The summed E-state index contributed by atoms with van der Waals surface area (Å²) in [6.45, 7) is 12.0. The normalized spacial score (nSPS) is 18.7. The van der Waals surface area contributed by atoms with Crippen LogP contribution in [0.3, 0.4) is 0 Å². The second kappa shape index (κ2) is 10.8. The second-order valence-electron chi connectivity index (χ2n) is 7.41. The van der Waals surface area contributed by atoms with Crippen LogP contribution in [0.15, 0.2) is 11.2 Å². The molecule has 3 rings (SSSR count). The fourth-order valence-electron chi connectivity index (χ4n) is 3.69. The van der Waals surface area contributed by atoms with E-state index in [-0.39, 0.29) is 0 Å². The number of aliphatic imine (C=N–C) groups is 1. The summed E-state index contributed by atoms with van der Waals surface area (Å²) in [6, 6.07) is 0. The Labute approximate surface area is 172 Å². The minimum absolute atomic E-state index is 0.293. The molecule has 0 atom stereocenters. The second-order valence-corrected chi connectivity index (χ2v) is 8.61. The van der Waals surface area contributed by atoms with Gasteiger partial charge in [0.2, 0.25) is 5.91 Å². The molecule has 0 saturated carbocycles. The molecule has 28 heavy (non-hydrogen) atoms. The third-order valence-corrected chi connectivity index (χ3v) is 6.56. The first-order chi connectivity index (χ1) is 13.7. The van der Waals surface area contributed by atoms with Crippen molar-refractivity contribution in [2.75, 3.05) is 58.9 Å². The van der Waals surface area contributed by atoms with E-state index >= 15 is 0 Å². The predicted molar refractivity (Wildman–Crippen MR) is 115 cm³/mol. The zero-order valence-corrected chi connectivity index (χ0v) is 18.1. The molecule has 156 valence electrons. The number of rotatable bonds is 7. The average molecular weight is 407 g/mol. The van der Waals surface area contributed by atoms with Gasteiger partial charge in [-0.25, -0.2) is 4.98 Å². The topological polar surface area (TPSA) is 64.1 Å². The van der Waals surface area contributed by atoms with Gasteiger partial charge in [-0.2, -0.15) is 0 Å². The molecule has 0 radical (unpaired) electrons. The third-order valence-electron chi connectivity index (χ3n) is 5.36. The number of nitrogens with zero attached hydrogens (tertiary/aromatic N) is 5. The van der Waals surface area contributed by atoms with E-state index in [1.54, 1.807) is 11.3 Å². The number of aryl methyl sites for hydroxylation is 1. The molecule has 2 aliphatic heterocycles. The van der Waals surface area contributed by atoms with Gasteiger partial charge in [-0.1, -0.05) is 6.92 Å². The smallest absolute Gasteiger partial charge is 0.236 e. The number of nitrogens with one attached hydrogen (secondary N) is 1. The van der Waals surface area contributed by atoms with Gasteiger partial charge in [-0.15, -0.1) is 11.3 Å². The van der Waals surface area contributed by atoms with Crippen molar-refractivity contribution in [3.05, 3.63) is 16.1 Å². The van der Waals surface area contributed by atoms with Gasteiger partial charge in [-0.05, 0) is 26.2 Å². The highest BCUT2D eigenvalue weighted by Gasteiger charge is 2.24. The molecule has 2 fully saturated rings. The molecule has 0 aliphatic carbocycles. The van der Waals surface area contributed by atoms with Crippen LogP contribution in [0.1, 0.15) is 36.6 Å². The summed E-state index contributed by atoms with van der Waals surface area (Å²) in [5.74, 6) is 1.28. The summed E-state index contributed by atoms with van der Waals surface area (Å²) >= 11 is 1.79. The van der Waals surface area contributed by atoms with Crippen LogP contribution < -0.4 is 5.32 Å². The molecule has 1 aromatic heterocycles. The Morgan fingerprint density at radius 1 is 1.14 bits per heavy atom. The Morgan fingerprint density at radius 3 is 2.54 bits per heavy atom. The Bertz CT molecular complexity index is 647. The number of carbonyl (C=O) groups excluding carboxylic acids is 1. The number of piperazine rings is 1. The maximum atomic E-state index is 12.4. The summed E-state index contributed by atoms with van der Waals surface area (Å²) in [5.41, 5.74) is 0. The number of likely N-dealkylation sites (tertiary alicyclic amines) is 1. The largest absolute Gasteiger partial charge is 0.357 e. The molecule has 3 heterocycles. The van der Waals surface area contributed by atoms with E-state index < -0.39 is 0 Å². The summed E-state index contributed by atoms with van der Waals surface area (Å²) < 4.78 is 0. The predicted octanol–water partition coefficient (Wildman–Crippen LogP) is 1.45. The van der Waals surface area contributed by atoms with Gasteiger partial charge in [0, 0.05) is 69.9 Å². The third kappa shape index (κ3) is 5.91. The molecule has 2 saturated heterocycles. The van der Waals surface area contributed by atoms with Crippen molar-refractivity contribution in [3.8, 4) is 0 Å². The average Bonchev–Trinajstić information content (AvgIpc) is 3.40.